The van der Waals surface area contributed by atoms with Crippen LogP contribution in [0.4, 0.5) is 34.1 Å². The summed E-state index contributed by atoms with van der Waals surface area (Å²) in [6.45, 7) is 0. The SMILES string of the molecule is O=S(=O)(Cc1ccccc1)n1c2ccc(N3c4ccccc4Oc4ccccc43)cc2c2cc(N3c4ccccc4Oc4ccccc43)ccc21. The van der Waals surface area contributed by atoms with Gasteiger partial charge in [0.15, 0.2) is 23.0 Å². The molecule has 0 amide bonds. The Morgan fingerprint density at radius 1 is 0.431 bits per heavy atom. The van der Waals surface area contributed by atoms with Crippen LogP contribution >= 0.6 is 0 Å². The van der Waals surface area contributed by atoms with Crippen molar-refractivity contribution in [3.05, 3.63) is 169 Å². The van der Waals surface area contributed by atoms with Crippen LogP contribution in [0.25, 0.3) is 21.8 Å². The third-order valence-electron chi connectivity index (χ3n) is 9.54. The van der Waals surface area contributed by atoms with E-state index in [0.717, 1.165) is 73.5 Å². The average Bonchev–Trinajstić information content (AvgIpc) is 3.50. The van der Waals surface area contributed by atoms with E-state index < -0.39 is 10.0 Å². The van der Waals surface area contributed by atoms with Crippen molar-refractivity contribution >= 4 is 66.0 Å². The van der Waals surface area contributed by atoms with E-state index in [-0.39, 0.29) is 5.75 Å². The van der Waals surface area contributed by atoms with Crippen molar-refractivity contribution in [2.45, 2.75) is 5.75 Å². The summed E-state index contributed by atoms with van der Waals surface area (Å²) < 4.78 is 43.0. The van der Waals surface area contributed by atoms with Crippen LogP contribution in [0.3, 0.4) is 0 Å². The number of para-hydroxylation sites is 8. The van der Waals surface area contributed by atoms with Crippen molar-refractivity contribution in [2.75, 3.05) is 9.80 Å². The minimum Gasteiger partial charge on any atom is -0.453 e. The van der Waals surface area contributed by atoms with Crippen molar-refractivity contribution < 1.29 is 17.9 Å². The molecule has 0 fully saturated rings. The van der Waals surface area contributed by atoms with Crippen molar-refractivity contribution in [1.82, 2.24) is 3.97 Å². The lowest BCUT2D eigenvalue weighted by Crippen LogP contribution is -2.16. The highest BCUT2D eigenvalue weighted by Crippen LogP contribution is 2.53. The van der Waals surface area contributed by atoms with Gasteiger partial charge in [-0.2, -0.15) is 0 Å². The van der Waals surface area contributed by atoms with E-state index in [1.165, 1.54) is 3.97 Å². The normalized spacial score (nSPS) is 13.2. The summed E-state index contributed by atoms with van der Waals surface area (Å²) in [5.74, 6) is 2.85. The molecule has 0 bridgehead atoms. The lowest BCUT2D eigenvalue weighted by Gasteiger charge is -2.33. The molecule has 1 aromatic heterocycles. The Morgan fingerprint density at radius 2 is 0.804 bits per heavy atom. The first kappa shape index (κ1) is 29.4. The molecule has 0 N–H and O–H groups in total. The Balaban J connectivity index is 1.23. The smallest absolute Gasteiger partial charge is 0.243 e. The van der Waals surface area contributed by atoms with Gasteiger partial charge in [0.2, 0.25) is 10.0 Å². The molecule has 0 saturated carbocycles. The van der Waals surface area contributed by atoms with Gasteiger partial charge in [-0.15, -0.1) is 0 Å². The van der Waals surface area contributed by atoms with E-state index in [9.17, 15) is 8.42 Å². The second kappa shape index (κ2) is 11.3. The highest BCUT2D eigenvalue weighted by Gasteiger charge is 2.29. The predicted molar refractivity (Wildman–Crippen MR) is 203 cm³/mol. The van der Waals surface area contributed by atoms with E-state index in [2.05, 4.69) is 21.9 Å². The summed E-state index contributed by atoms with van der Waals surface area (Å²) in [5, 5.41) is 1.63. The van der Waals surface area contributed by atoms with Crippen molar-refractivity contribution in [3.8, 4) is 23.0 Å². The van der Waals surface area contributed by atoms with Crippen molar-refractivity contribution in [1.29, 1.82) is 0 Å². The van der Waals surface area contributed by atoms with Crippen LogP contribution in [-0.4, -0.2) is 12.4 Å². The fourth-order valence-electron chi connectivity index (χ4n) is 7.36. The Morgan fingerprint density at radius 3 is 1.22 bits per heavy atom. The van der Waals surface area contributed by atoms with Crippen LogP contribution < -0.4 is 19.3 Å². The number of fused-ring (bicyclic) bond motifs is 7. The number of ether oxygens (including phenoxy) is 2. The fraction of sp³-hybridized carbons (Fsp3) is 0.0233. The first-order valence-corrected chi connectivity index (χ1v) is 18.3. The van der Waals surface area contributed by atoms with Gasteiger partial charge in [0.1, 0.15) is 0 Å². The molecule has 0 radical (unpaired) electrons. The average molecular weight is 684 g/mol. The standard InChI is InChI=1S/C43H29N3O4S/c47-51(48,28-29-12-2-1-3-13-29)46-34-24-22-30(44-36-14-4-8-18-40(36)49-41-19-9-5-15-37(41)44)26-32(34)33-27-31(23-25-35(33)46)45-38-16-6-10-20-42(38)50-43-21-11-7-17-39(43)45/h1-27H,28H2. The van der Waals surface area contributed by atoms with E-state index in [1.54, 1.807) is 0 Å². The largest absolute Gasteiger partial charge is 0.453 e. The number of benzene rings is 7. The molecule has 51 heavy (non-hydrogen) atoms. The molecule has 2 aliphatic rings. The van der Waals surface area contributed by atoms with Gasteiger partial charge in [-0.3, -0.25) is 0 Å². The van der Waals surface area contributed by atoms with Crippen LogP contribution in [0, 0.1) is 0 Å². The van der Waals surface area contributed by atoms with E-state index in [0.29, 0.717) is 11.0 Å². The zero-order chi connectivity index (χ0) is 34.1. The minimum absolute atomic E-state index is 0.134. The summed E-state index contributed by atoms with van der Waals surface area (Å²) >= 11 is 0. The van der Waals surface area contributed by atoms with Gasteiger partial charge < -0.3 is 19.3 Å². The zero-order valence-electron chi connectivity index (χ0n) is 27.2. The lowest BCUT2D eigenvalue weighted by molar-refractivity contribution is 0.477. The third kappa shape index (κ3) is 4.68. The lowest BCUT2D eigenvalue weighted by atomic mass is 10.1. The molecule has 3 heterocycles. The second-order valence-electron chi connectivity index (χ2n) is 12.7. The van der Waals surface area contributed by atoms with Crippen LogP contribution in [0.1, 0.15) is 5.56 Å². The molecular weight excluding hydrogens is 655 g/mol. The summed E-state index contributed by atoms with van der Waals surface area (Å²) in [4.78, 5) is 4.35. The van der Waals surface area contributed by atoms with Gasteiger partial charge in [-0.25, -0.2) is 12.4 Å². The maximum Gasteiger partial charge on any atom is 0.243 e. The van der Waals surface area contributed by atoms with E-state index >= 15 is 0 Å². The van der Waals surface area contributed by atoms with Crippen molar-refractivity contribution in [3.63, 3.8) is 0 Å². The summed E-state index contributed by atoms with van der Waals surface area (Å²) in [7, 11) is -3.84. The number of rotatable bonds is 5. The van der Waals surface area contributed by atoms with Crippen LogP contribution in [0.2, 0.25) is 0 Å². The quantitative estimate of drug-likeness (QED) is 0.180. The molecule has 0 saturated heterocycles. The van der Waals surface area contributed by atoms with Crippen molar-refractivity contribution in [2.24, 2.45) is 0 Å². The second-order valence-corrected chi connectivity index (χ2v) is 14.5. The van der Waals surface area contributed by atoms with E-state index in [4.69, 9.17) is 9.47 Å². The molecule has 10 rings (SSSR count). The van der Waals surface area contributed by atoms with Gasteiger partial charge in [0.25, 0.3) is 0 Å². The zero-order valence-corrected chi connectivity index (χ0v) is 28.0. The summed E-state index contributed by atoms with van der Waals surface area (Å²) in [6.07, 6.45) is 0. The molecule has 7 aromatic carbocycles. The summed E-state index contributed by atoms with van der Waals surface area (Å²) in [5.41, 5.74) is 7.32. The Bertz CT molecular complexity index is 2530. The molecule has 7 nitrogen and oxygen atoms in total. The number of nitrogens with zero attached hydrogens (tertiary/aromatic N) is 3. The highest BCUT2D eigenvalue weighted by molar-refractivity contribution is 7.89. The molecule has 0 atom stereocenters. The third-order valence-corrected chi connectivity index (χ3v) is 11.2. The Kier molecular flexibility index (Phi) is 6.50. The molecule has 8 aromatic rings. The number of hydrogen-bond donors (Lipinski definition) is 0. The number of aromatic nitrogens is 1. The minimum atomic E-state index is -3.84. The van der Waals surface area contributed by atoms with Crippen LogP contribution in [0.5, 0.6) is 23.0 Å². The molecule has 0 unspecified atom stereocenters. The molecule has 246 valence electrons. The molecule has 0 spiro atoms. The molecule has 0 aliphatic carbocycles. The predicted octanol–water partition coefficient (Wildman–Crippen LogP) is 11.3. The van der Waals surface area contributed by atoms with Gasteiger partial charge in [-0.1, -0.05) is 78.9 Å². The van der Waals surface area contributed by atoms with Gasteiger partial charge in [0, 0.05) is 22.1 Å². The van der Waals surface area contributed by atoms with Gasteiger partial charge in [-0.05, 0) is 90.5 Å². The maximum atomic E-state index is 14.4. The van der Waals surface area contributed by atoms with Crippen LogP contribution in [-0.2, 0) is 15.8 Å². The highest BCUT2D eigenvalue weighted by atomic mass is 32.2. The fourth-order valence-corrected chi connectivity index (χ4v) is 9.02. The maximum absolute atomic E-state index is 14.4. The van der Waals surface area contributed by atoms with Crippen LogP contribution in [0.15, 0.2) is 164 Å². The molecule has 8 heteroatoms. The van der Waals surface area contributed by atoms with Gasteiger partial charge in [0.05, 0.1) is 39.5 Å². The molecule has 2 aliphatic heterocycles. The Hall–Kier alpha value is -6.51. The molecular formula is C43H29N3O4S. The van der Waals surface area contributed by atoms with E-state index in [1.807, 2.05) is 152 Å². The first-order chi connectivity index (χ1) is 25.0. The number of hydrogen-bond acceptors (Lipinski definition) is 6. The number of anilines is 6. The first-order valence-electron chi connectivity index (χ1n) is 16.7. The monoisotopic (exact) mass is 683 g/mol. The Labute approximate surface area is 294 Å². The topological polar surface area (TPSA) is 64.0 Å². The van der Waals surface area contributed by atoms with Gasteiger partial charge >= 0.3 is 0 Å². The summed E-state index contributed by atoms with van der Waals surface area (Å²) in [6, 6.07) is 53.1.